The Morgan fingerprint density at radius 2 is 1.78 bits per heavy atom. The van der Waals surface area contributed by atoms with Crippen molar-refractivity contribution in [2.75, 3.05) is 0 Å². The van der Waals surface area contributed by atoms with Crippen molar-refractivity contribution in [3.05, 3.63) is 66.0 Å². The maximum atomic E-state index is 12.2. The molecule has 1 aromatic heterocycles. The van der Waals surface area contributed by atoms with Gasteiger partial charge in [0.05, 0.1) is 17.1 Å². The standard InChI is InChI=1S/C19H21N3O/c1-13(2)19(23)22-17(12-14-8-4-3-5-9-14)18-20-15-10-6-7-11-16(15)21-18/h3-11,13,17H,12H2,1-2H3,(H,20,21)(H,22,23)/t17-/m1/s1. The van der Waals surface area contributed by atoms with Gasteiger partial charge in [-0.15, -0.1) is 0 Å². The lowest BCUT2D eigenvalue weighted by molar-refractivity contribution is -0.124. The Morgan fingerprint density at radius 1 is 1.09 bits per heavy atom. The quantitative estimate of drug-likeness (QED) is 0.756. The van der Waals surface area contributed by atoms with Crippen LogP contribution in [-0.2, 0) is 11.2 Å². The maximum Gasteiger partial charge on any atom is 0.223 e. The zero-order valence-electron chi connectivity index (χ0n) is 13.4. The normalized spacial score (nSPS) is 12.5. The summed E-state index contributed by atoms with van der Waals surface area (Å²) in [4.78, 5) is 20.2. The second kappa shape index (κ2) is 6.65. The lowest BCUT2D eigenvalue weighted by atomic mass is 10.0. The number of H-pyrrole nitrogens is 1. The molecule has 3 rings (SSSR count). The summed E-state index contributed by atoms with van der Waals surface area (Å²) in [5, 5.41) is 3.11. The molecule has 4 heteroatoms. The molecule has 0 aliphatic heterocycles. The topological polar surface area (TPSA) is 57.8 Å². The van der Waals surface area contributed by atoms with E-state index in [0.29, 0.717) is 6.42 Å². The van der Waals surface area contributed by atoms with Crippen LogP contribution in [0.5, 0.6) is 0 Å². The minimum absolute atomic E-state index is 0.0337. The number of aromatic amines is 1. The van der Waals surface area contributed by atoms with Crippen molar-refractivity contribution in [2.45, 2.75) is 26.3 Å². The number of rotatable bonds is 5. The molecule has 0 aliphatic carbocycles. The van der Waals surface area contributed by atoms with E-state index >= 15 is 0 Å². The highest BCUT2D eigenvalue weighted by atomic mass is 16.1. The van der Waals surface area contributed by atoms with Crippen molar-refractivity contribution in [2.24, 2.45) is 5.92 Å². The smallest absolute Gasteiger partial charge is 0.223 e. The number of carbonyl (C=O) groups excluding carboxylic acids is 1. The van der Waals surface area contributed by atoms with Crippen molar-refractivity contribution < 1.29 is 4.79 Å². The first-order chi connectivity index (χ1) is 11.1. The molecule has 118 valence electrons. The molecule has 0 aliphatic rings. The number of carbonyl (C=O) groups is 1. The van der Waals surface area contributed by atoms with Gasteiger partial charge in [0.1, 0.15) is 5.82 Å². The van der Waals surface area contributed by atoms with Gasteiger partial charge in [-0.2, -0.15) is 0 Å². The monoisotopic (exact) mass is 307 g/mol. The molecule has 23 heavy (non-hydrogen) atoms. The van der Waals surface area contributed by atoms with Crippen LogP contribution in [-0.4, -0.2) is 15.9 Å². The molecule has 3 aromatic rings. The van der Waals surface area contributed by atoms with Crippen LogP contribution in [0.25, 0.3) is 11.0 Å². The molecule has 4 nitrogen and oxygen atoms in total. The summed E-state index contributed by atoms with van der Waals surface area (Å²) in [5.41, 5.74) is 3.07. The molecule has 1 heterocycles. The molecular formula is C19H21N3O. The van der Waals surface area contributed by atoms with Crippen LogP contribution in [0.15, 0.2) is 54.6 Å². The van der Waals surface area contributed by atoms with Gasteiger partial charge in [0.15, 0.2) is 0 Å². The molecule has 1 amide bonds. The fraction of sp³-hybridized carbons (Fsp3) is 0.263. The molecule has 0 unspecified atom stereocenters. The summed E-state index contributed by atoms with van der Waals surface area (Å²) in [5.74, 6) is 0.771. The number of aromatic nitrogens is 2. The van der Waals surface area contributed by atoms with Crippen LogP contribution in [0.2, 0.25) is 0 Å². The van der Waals surface area contributed by atoms with Crippen molar-refractivity contribution in [1.82, 2.24) is 15.3 Å². The zero-order valence-corrected chi connectivity index (χ0v) is 13.4. The van der Waals surface area contributed by atoms with Crippen molar-refractivity contribution in [3.8, 4) is 0 Å². The molecule has 0 saturated heterocycles. The summed E-state index contributed by atoms with van der Waals surface area (Å²) in [7, 11) is 0. The molecule has 2 N–H and O–H groups in total. The Hall–Kier alpha value is -2.62. The number of para-hydroxylation sites is 2. The van der Waals surface area contributed by atoms with E-state index in [-0.39, 0.29) is 17.9 Å². The van der Waals surface area contributed by atoms with Crippen LogP contribution in [0.1, 0.15) is 31.3 Å². The number of nitrogens with zero attached hydrogens (tertiary/aromatic N) is 1. The molecule has 0 radical (unpaired) electrons. The van der Waals surface area contributed by atoms with E-state index in [0.717, 1.165) is 16.9 Å². The Balaban J connectivity index is 1.91. The number of imidazole rings is 1. The average molecular weight is 307 g/mol. The molecule has 0 saturated carbocycles. The van der Waals surface area contributed by atoms with Gasteiger partial charge >= 0.3 is 0 Å². The first-order valence-electron chi connectivity index (χ1n) is 7.92. The van der Waals surface area contributed by atoms with Gasteiger partial charge in [-0.3, -0.25) is 4.79 Å². The largest absolute Gasteiger partial charge is 0.346 e. The molecule has 0 bridgehead atoms. The first kappa shape index (κ1) is 15.3. The Kier molecular flexibility index (Phi) is 4.42. The van der Waals surface area contributed by atoms with Crippen LogP contribution in [0, 0.1) is 5.92 Å². The molecule has 0 spiro atoms. The molecule has 1 atom stereocenters. The molecule has 2 aromatic carbocycles. The van der Waals surface area contributed by atoms with Gasteiger partial charge in [-0.1, -0.05) is 56.3 Å². The second-order valence-corrected chi connectivity index (χ2v) is 6.04. The van der Waals surface area contributed by atoms with Gasteiger partial charge < -0.3 is 10.3 Å². The lowest BCUT2D eigenvalue weighted by Crippen LogP contribution is -2.33. The van der Waals surface area contributed by atoms with Crippen LogP contribution < -0.4 is 5.32 Å². The fourth-order valence-corrected chi connectivity index (χ4v) is 2.54. The van der Waals surface area contributed by atoms with E-state index in [2.05, 4.69) is 27.4 Å². The van der Waals surface area contributed by atoms with Crippen LogP contribution in [0.4, 0.5) is 0 Å². The van der Waals surface area contributed by atoms with E-state index in [9.17, 15) is 4.79 Å². The van der Waals surface area contributed by atoms with E-state index in [1.807, 2.05) is 56.3 Å². The van der Waals surface area contributed by atoms with Crippen molar-refractivity contribution in [3.63, 3.8) is 0 Å². The SMILES string of the molecule is CC(C)C(=O)N[C@H](Cc1ccccc1)c1nc2ccccc2[nH]1. The van der Waals surface area contributed by atoms with Gasteiger partial charge in [0.2, 0.25) is 5.91 Å². The van der Waals surface area contributed by atoms with Crippen molar-refractivity contribution >= 4 is 16.9 Å². The minimum atomic E-state index is -0.167. The average Bonchev–Trinajstić information content (AvgIpc) is 2.99. The third-order valence-electron chi connectivity index (χ3n) is 3.86. The third-order valence-corrected chi connectivity index (χ3v) is 3.86. The third kappa shape index (κ3) is 3.59. The second-order valence-electron chi connectivity index (χ2n) is 6.04. The lowest BCUT2D eigenvalue weighted by Gasteiger charge is -2.18. The number of nitrogens with one attached hydrogen (secondary N) is 2. The minimum Gasteiger partial charge on any atom is -0.346 e. The number of hydrogen-bond donors (Lipinski definition) is 2. The number of amides is 1. The van der Waals surface area contributed by atoms with Crippen LogP contribution in [0.3, 0.4) is 0 Å². The van der Waals surface area contributed by atoms with Gasteiger partial charge in [0, 0.05) is 5.92 Å². The van der Waals surface area contributed by atoms with E-state index in [1.165, 1.54) is 5.56 Å². The summed E-state index contributed by atoms with van der Waals surface area (Å²) in [6, 6.07) is 17.9. The summed E-state index contributed by atoms with van der Waals surface area (Å²) < 4.78 is 0. The van der Waals surface area contributed by atoms with Gasteiger partial charge in [-0.25, -0.2) is 4.98 Å². The maximum absolute atomic E-state index is 12.2. The summed E-state index contributed by atoms with van der Waals surface area (Å²) >= 11 is 0. The highest BCUT2D eigenvalue weighted by Gasteiger charge is 2.20. The number of fused-ring (bicyclic) bond motifs is 1. The van der Waals surface area contributed by atoms with Gasteiger partial charge in [-0.05, 0) is 24.1 Å². The first-order valence-corrected chi connectivity index (χ1v) is 7.92. The molecular weight excluding hydrogens is 286 g/mol. The summed E-state index contributed by atoms with van der Waals surface area (Å²) in [6.45, 7) is 3.79. The van der Waals surface area contributed by atoms with E-state index in [1.54, 1.807) is 0 Å². The van der Waals surface area contributed by atoms with E-state index < -0.39 is 0 Å². The highest BCUT2D eigenvalue weighted by molar-refractivity contribution is 5.79. The Labute approximate surface area is 136 Å². The van der Waals surface area contributed by atoms with Gasteiger partial charge in [0.25, 0.3) is 0 Å². The summed E-state index contributed by atoms with van der Waals surface area (Å²) in [6.07, 6.45) is 0.707. The van der Waals surface area contributed by atoms with Crippen molar-refractivity contribution in [1.29, 1.82) is 0 Å². The zero-order chi connectivity index (χ0) is 16.2. The van der Waals surface area contributed by atoms with E-state index in [4.69, 9.17) is 0 Å². The number of benzene rings is 2. The fourth-order valence-electron chi connectivity index (χ4n) is 2.54. The Bertz CT molecular complexity index is 759. The predicted octanol–water partition coefficient (Wildman–Crippen LogP) is 3.62. The Morgan fingerprint density at radius 3 is 2.48 bits per heavy atom. The highest BCUT2D eigenvalue weighted by Crippen LogP contribution is 2.20. The number of hydrogen-bond acceptors (Lipinski definition) is 2. The predicted molar refractivity (Wildman–Crippen MR) is 92.0 cm³/mol. The van der Waals surface area contributed by atoms with Crippen LogP contribution >= 0.6 is 0 Å². The molecule has 0 fully saturated rings.